The van der Waals surface area contributed by atoms with E-state index in [1.54, 1.807) is 48.5 Å². The molecule has 0 spiro atoms. The number of nitrogen functional groups attached to an aromatic ring is 1. The number of anilines is 1. The fourth-order valence-corrected chi connectivity index (χ4v) is 4.23. The summed E-state index contributed by atoms with van der Waals surface area (Å²) < 4.78 is 25.8. The minimum Gasteiger partial charge on any atom is -0.391 e. The fourth-order valence-electron chi connectivity index (χ4n) is 2.52. The Morgan fingerprint density at radius 1 is 1.04 bits per heavy atom. The van der Waals surface area contributed by atoms with Gasteiger partial charge in [0, 0.05) is 5.39 Å². The van der Waals surface area contributed by atoms with Crippen LogP contribution in [-0.2, 0) is 15.6 Å². The van der Waals surface area contributed by atoms with Crippen LogP contribution in [0.25, 0.3) is 10.9 Å². The molecule has 0 radical (unpaired) electrons. The molecule has 0 aliphatic carbocycles. The van der Waals surface area contributed by atoms with Crippen LogP contribution in [-0.4, -0.2) is 18.3 Å². The van der Waals surface area contributed by atoms with Crippen molar-refractivity contribution >= 4 is 32.2 Å². The number of hydrogen-bond acceptors (Lipinski definition) is 6. The van der Waals surface area contributed by atoms with Crippen molar-refractivity contribution in [3.05, 3.63) is 70.3 Å². The minimum absolute atomic E-state index is 0.213. The van der Waals surface area contributed by atoms with Crippen molar-refractivity contribution in [3.8, 4) is 0 Å². The number of benzene rings is 2. The zero-order valence-electron chi connectivity index (χ0n) is 12.4. The van der Waals surface area contributed by atoms with Crippen LogP contribution in [0.15, 0.2) is 59.5 Å². The van der Waals surface area contributed by atoms with Gasteiger partial charge >= 0.3 is 5.82 Å². The molecule has 1 heterocycles. The van der Waals surface area contributed by atoms with Crippen molar-refractivity contribution in [2.24, 2.45) is 0 Å². The molecule has 7 nitrogen and oxygen atoms in total. The van der Waals surface area contributed by atoms with Gasteiger partial charge in [0.05, 0.1) is 5.75 Å². The van der Waals surface area contributed by atoms with Crippen molar-refractivity contribution in [2.75, 3.05) is 5.73 Å². The van der Waals surface area contributed by atoms with Crippen LogP contribution in [0, 0.1) is 10.1 Å². The number of nitrogens with two attached hydrogens (primary N) is 1. The molecule has 8 heteroatoms. The van der Waals surface area contributed by atoms with Crippen molar-refractivity contribution in [2.45, 2.75) is 10.6 Å². The van der Waals surface area contributed by atoms with E-state index < -0.39 is 26.3 Å². The van der Waals surface area contributed by atoms with E-state index >= 15 is 0 Å². The molecule has 0 atom stereocenters. The second-order valence-corrected chi connectivity index (χ2v) is 7.12. The summed E-state index contributed by atoms with van der Waals surface area (Å²) in [4.78, 5) is 14.0. The second kappa shape index (κ2) is 5.89. The Balaban J connectivity index is 2.28. The van der Waals surface area contributed by atoms with Gasteiger partial charge in [0.1, 0.15) is 4.90 Å². The number of hydrogen-bond donors (Lipinski definition) is 1. The molecular formula is C16H13N3O4S. The predicted molar refractivity (Wildman–Crippen MR) is 90.1 cm³/mol. The van der Waals surface area contributed by atoms with Crippen molar-refractivity contribution in [1.29, 1.82) is 0 Å². The Kier molecular flexibility index (Phi) is 3.90. The number of para-hydroxylation sites is 1. The molecule has 0 unspecified atom stereocenters. The standard InChI is InChI=1S/C16H13N3O4S/c17-14-15(24(22,23)10-11-6-2-1-3-7-11)12-8-4-5-9-13(12)18-16(14)19(20)21/h1-9H,10,17H2. The summed E-state index contributed by atoms with van der Waals surface area (Å²) in [7, 11) is -3.90. The van der Waals surface area contributed by atoms with Crippen LogP contribution < -0.4 is 5.73 Å². The molecule has 1 aromatic heterocycles. The highest BCUT2D eigenvalue weighted by molar-refractivity contribution is 7.91. The maximum absolute atomic E-state index is 12.9. The third kappa shape index (κ3) is 2.79. The third-order valence-corrected chi connectivity index (χ3v) is 5.32. The van der Waals surface area contributed by atoms with Gasteiger partial charge in [-0.2, -0.15) is 0 Å². The van der Waals surface area contributed by atoms with Crippen molar-refractivity contribution in [1.82, 2.24) is 4.98 Å². The van der Waals surface area contributed by atoms with Gasteiger partial charge in [-0.1, -0.05) is 42.5 Å². The number of nitrogens with zero attached hydrogens (tertiary/aromatic N) is 2. The molecular weight excluding hydrogens is 330 g/mol. The zero-order chi connectivity index (χ0) is 17.3. The Bertz CT molecular complexity index is 1030. The molecule has 122 valence electrons. The summed E-state index contributed by atoms with van der Waals surface area (Å²) in [6.07, 6.45) is 0. The topological polar surface area (TPSA) is 116 Å². The summed E-state index contributed by atoms with van der Waals surface area (Å²) in [6.45, 7) is 0. The first kappa shape index (κ1) is 15.9. The van der Waals surface area contributed by atoms with Gasteiger partial charge in [-0.3, -0.25) is 0 Å². The summed E-state index contributed by atoms with van der Waals surface area (Å²) in [5.41, 5.74) is 6.15. The maximum atomic E-state index is 12.9. The largest absolute Gasteiger partial charge is 0.391 e. The number of pyridine rings is 1. The quantitative estimate of drug-likeness (QED) is 0.575. The van der Waals surface area contributed by atoms with Crippen molar-refractivity contribution in [3.63, 3.8) is 0 Å². The lowest BCUT2D eigenvalue weighted by Crippen LogP contribution is -2.11. The van der Waals surface area contributed by atoms with Gasteiger partial charge in [-0.05, 0) is 27.6 Å². The van der Waals surface area contributed by atoms with E-state index in [-0.39, 0.29) is 21.6 Å². The first-order valence-electron chi connectivity index (χ1n) is 6.99. The molecule has 3 aromatic rings. The number of nitro groups is 1. The van der Waals surface area contributed by atoms with Gasteiger partial charge in [-0.15, -0.1) is 0 Å². The highest BCUT2D eigenvalue weighted by Crippen LogP contribution is 2.35. The predicted octanol–water partition coefficient (Wildman–Crippen LogP) is 2.70. The lowest BCUT2D eigenvalue weighted by molar-refractivity contribution is -0.388. The molecule has 0 aliphatic rings. The van der Waals surface area contributed by atoms with Crippen LogP contribution >= 0.6 is 0 Å². The van der Waals surface area contributed by atoms with E-state index in [1.165, 1.54) is 6.07 Å². The van der Waals surface area contributed by atoms with Crippen LogP contribution in [0.3, 0.4) is 0 Å². The SMILES string of the molecule is Nc1c([N+](=O)[O-])nc2ccccc2c1S(=O)(=O)Cc1ccccc1. The van der Waals surface area contributed by atoms with Gasteiger partial charge in [0.15, 0.2) is 21.0 Å². The summed E-state index contributed by atoms with van der Waals surface area (Å²) >= 11 is 0. The highest BCUT2D eigenvalue weighted by Gasteiger charge is 2.29. The van der Waals surface area contributed by atoms with E-state index in [9.17, 15) is 18.5 Å². The Labute approximate surface area is 137 Å². The van der Waals surface area contributed by atoms with E-state index in [1.807, 2.05) is 0 Å². The number of sulfone groups is 1. The molecule has 0 aliphatic heterocycles. The Morgan fingerprint density at radius 2 is 1.67 bits per heavy atom. The lowest BCUT2D eigenvalue weighted by atomic mass is 10.2. The molecule has 3 rings (SSSR count). The lowest BCUT2D eigenvalue weighted by Gasteiger charge is -2.10. The minimum atomic E-state index is -3.90. The van der Waals surface area contributed by atoms with Crippen molar-refractivity contribution < 1.29 is 13.3 Å². The average molecular weight is 343 g/mol. The Morgan fingerprint density at radius 3 is 2.33 bits per heavy atom. The zero-order valence-corrected chi connectivity index (χ0v) is 13.2. The normalized spacial score (nSPS) is 11.5. The molecule has 0 fully saturated rings. The molecule has 24 heavy (non-hydrogen) atoms. The van der Waals surface area contributed by atoms with Crippen LogP contribution in [0.1, 0.15) is 5.56 Å². The van der Waals surface area contributed by atoms with Gasteiger partial charge in [-0.25, -0.2) is 8.42 Å². The van der Waals surface area contributed by atoms with Crippen LogP contribution in [0.4, 0.5) is 11.5 Å². The van der Waals surface area contributed by atoms with E-state index in [4.69, 9.17) is 5.73 Å². The van der Waals surface area contributed by atoms with Gasteiger partial charge in [0.2, 0.25) is 0 Å². The Hall–Kier alpha value is -3.00. The number of fused-ring (bicyclic) bond motifs is 1. The molecule has 0 bridgehead atoms. The molecule has 0 saturated heterocycles. The molecule has 0 amide bonds. The average Bonchev–Trinajstić information content (AvgIpc) is 2.54. The number of rotatable bonds is 4. The molecule has 2 N–H and O–H groups in total. The summed E-state index contributed by atoms with van der Waals surface area (Å²) in [6, 6.07) is 14.9. The summed E-state index contributed by atoms with van der Waals surface area (Å²) in [5, 5.41) is 11.4. The molecule has 2 aromatic carbocycles. The van der Waals surface area contributed by atoms with Crippen LogP contribution in [0.2, 0.25) is 0 Å². The van der Waals surface area contributed by atoms with Gasteiger partial charge in [0.25, 0.3) is 0 Å². The smallest absolute Gasteiger partial charge is 0.388 e. The van der Waals surface area contributed by atoms with Crippen LogP contribution in [0.5, 0.6) is 0 Å². The first-order chi connectivity index (χ1) is 11.4. The number of aromatic nitrogens is 1. The monoisotopic (exact) mass is 343 g/mol. The highest BCUT2D eigenvalue weighted by atomic mass is 32.2. The summed E-state index contributed by atoms with van der Waals surface area (Å²) in [5.74, 6) is -0.955. The van der Waals surface area contributed by atoms with Gasteiger partial charge < -0.3 is 15.8 Å². The third-order valence-electron chi connectivity index (χ3n) is 3.54. The van der Waals surface area contributed by atoms with E-state index in [0.717, 1.165) is 0 Å². The first-order valence-corrected chi connectivity index (χ1v) is 8.64. The second-order valence-electron chi connectivity index (χ2n) is 5.20. The van der Waals surface area contributed by atoms with E-state index in [2.05, 4.69) is 4.98 Å². The maximum Gasteiger partial charge on any atom is 0.388 e. The molecule has 0 saturated carbocycles. The fraction of sp³-hybridized carbons (Fsp3) is 0.0625. The van der Waals surface area contributed by atoms with E-state index in [0.29, 0.717) is 5.56 Å².